The maximum Gasteiger partial charge on any atom is 0.264 e. The zero-order valence-corrected chi connectivity index (χ0v) is 15.8. The van der Waals surface area contributed by atoms with Crippen LogP contribution in [0.2, 0.25) is 0 Å². The first-order valence-corrected chi connectivity index (χ1v) is 9.10. The molecule has 1 aromatic heterocycles. The van der Waals surface area contributed by atoms with Gasteiger partial charge in [0.2, 0.25) is 5.13 Å². The van der Waals surface area contributed by atoms with E-state index in [-0.39, 0.29) is 12.5 Å². The van der Waals surface area contributed by atoms with Crippen LogP contribution in [0.25, 0.3) is 0 Å². The third-order valence-corrected chi connectivity index (χ3v) is 5.24. The van der Waals surface area contributed by atoms with Crippen molar-refractivity contribution >= 4 is 22.4 Å². The number of carbonyl (C=O) groups excluding carboxylic acids is 1. The molecular formula is C18H25N3O2S. The maximum atomic E-state index is 12.1. The number of aryl methyl sites for hydroxylation is 2. The zero-order chi connectivity index (χ0) is 17.7. The van der Waals surface area contributed by atoms with E-state index in [9.17, 15) is 4.79 Å². The van der Waals surface area contributed by atoms with Crippen molar-refractivity contribution in [2.45, 2.75) is 53.4 Å². The van der Waals surface area contributed by atoms with Crippen molar-refractivity contribution in [3.63, 3.8) is 0 Å². The highest BCUT2D eigenvalue weighted by Gasteiger charge is 2.15. The summed E-state index contributed by atoms with van der Waals surface area (Å²) < 4.78 is 5.72. The largest absolute Gasteiger partial charge is 0.483 e. The Morgan fingerprint density at radius 3 is 2.50 bits per heavy atom. The Hall–Kier alpha value is -1.95. The van der Waals surface area contributed by atoms with Crippen molar-refractivity contribution in [3.05, 3.63) is 33.8 Å². The van der Waals surface area contributed by atoms with Gasteiger partial charge in [0.25, 0.3) is 5.91 Å². The van der Waals surface area contributed by atoms with Crippen LogP contribution in [0.15, 0.2) is 12.1 Å². The van der Waals surface area contributed by atoms with Crippen molar-refractivity contribution in [2.24, 2.45) is 0 Å². The summed E-state index contributed by atoms with van der Waals surface area (Å²) in [5.41, 5.74) is 3.24. The van der Waals surface area contributed by atoms with Crippen LogP contribution in [0.5, 0.6) is 5.75 Å². The lowest BCUT2D eigenvalue weighted by atomic mass is 10.1. The van der Waals surface area contributed by atoms with E-state index in [2.05, 4.69) is 35.4 Å². The second-order valence-electron chi connectivity index (χ2n) is 5.95. The van der Waals surface area contributed by atoms with Gasteiger partial charge in [0.1, 0.15) is 10.8 Å². The molecule has 0 atom stereocenters. The molecule has 0 radical (unpaired) electrons. The van der Waals surface area contributed by atoms with Gasteiger partial charge in [-0.15, -0.1) is 10.2 Å². The van der Waals surface area contributed by atoms with Gasteiger partial charge in [-0.2, -0.15) is 0 Å². The Balaban J connectivity index is 1.96. The first-order valence-electron chi connectivity index (χ1n) is 8.29. The molecule has 0 aliphatic rings. The van der Waals surface area contributed by atoms with E-state index < -0.39 is 0 Å². The number of ether oxygens (including phenoxy) is 1. The number of hydrogen-bond donors (Lipinski definition) is 1. The summed E-state index contributed by atoms with van der Waals surface area (Å²) in [7, 11) is 0. The molecule has 1 N–H and O–H groups in total. The van der Waals surface area contributed by atoms with Crippen molar-refractivity contribution in [3.8, 4) is 5.75 Å². The molecule has 0 aliphatic heterocycles. The normalized spacial score (nSPS) is 10.9. The highest BCUT2D eigenvalue weighted by Crippen LogP contribution is 2.28. The lowest BCUT2D eigenvalue weighted by Gasteiger charge is -2.13. The molecule has 0 spiro atoms. The number of amides is 1. The van der Waals surface area contributed by atoms with E-state index >= 15 is 0 Å². The molecule has 2 rings (SSSR count). The molecule has 0 saturated carbocycles. The first-order chi connectivity index (χ1) is 11.5. The van der Waals surface area contributed by atoms with E-state index in [1.54, 1.807) is 0 Å². The second-order valence-corrected chi connectivity index (χ2v) is 6.96. The van der Waals surface area contributed by atoms with Crippen LogP contribution >= 0.6 is 11.3 Å². The standard InChI is InChI=1S/C18H25N3O2S/c1-6-14(7-2)17-20-21-18(24-17)19-15(22)10-23-16-12(4)9-8-11(3)13(16)5/h8-9,14H,6-7,10H2,1-5H3,(H,19,21,22). The van der Waals surface area contributed by atoms with Crippen LogP contribution in [0.1, 0.15) is 54.3 Å². The minimum atomic E-state index is -0.220. The smallest absolute Gasteiger partial charge is 0.264 e. The summed E-state index contributed by atoms with van der Waals surface area (Å²) in [6.45, 7) is 10.2. The Morgan fingerprint density at radius 2 is 1.83 bits per heavy atom. The number of nitrogens with one attached hydrogen (secondary N) is 1. The lowest BCUT2D eigenvalue weighted by molar-refractivity contribution is -0.118. The van der Waals surface area contributed by atoms with Gasteiger partial charge in [-0.25, -0.2) is 0 Å². The SMILES string of the molecule is CCC(CC)c1nnc(NC(=O)COc2c(C)ccc(C)c2C)s1. The monoisotopic (exact) mass is 347 g/mol. The number of aromatic nitrogens is 2. The molecule has 0 aliphatic carbocycles. The molecular weight excluding hydrogens is 322 g/mol. The van der Waals surface area contributed by atoms with Gasteiger partial charge in [0, 0.05) is 5.92 Å². The molecule has 0 bridgehead atoms. The van der Waals surface area contributed by atoms with Crippen LogP contribution in [-0.4, -0.2) is 22.7 Å². The van der Waals surface area contributed by atoms with Crippen LogP contribution in [-0.2, 0) is 4.79 Å². The molecule has 5 nitrogen and oxygen atoms in total. The van der Waals surface area contributed by atoms with Crippen molar-refractivity contribution in [1.82, 2.24) is 10.2 Å². The fourth-order valence-corrected chi connectivity index (χ4v) is 3.55. The second kappa shape index (κ2) is 8.24. The van der Waals surface area contributed by atoms with Gasteiger partial charge in [0.15, 0.2) is 6.61 Å². The predicted molar refractivity (Wildman–Crippen MR) is 98.0 cm³/mol. The van der Waals surface area contributed by atoms with Gasteiger partial charge in [-0.1, -0.05) is 37.3 Å². The fourth-order valence-electron chi connectivity index (χ4n) is 2.53. The van der Waals surface area contributed by atoms with Gasteiger partial charge < -0.3 is 4.74 Å². The quantitative estimate of drug-likeness (QED) is 0.807. The lowest BCUT2D eigenvalue weighted by Crippen LogP contribution is -2.20. The first kappa shape index (κ1) is 18.4. The number of carbonyl (C=O) groups is 1. The fraction of sp³-hybridized carbons (Fsp3) is 0.500. The summed E-state index contributed by atoms with van der Waals surface area (Å²) in [5.74, 6) is 0.963. The third kappa shape index (κ3) is 4.32. The minimum absolute atomic E-state index is 0.0367. The molecule has 6 heteroatoms. The summed E-state index contributed by atoms with van der Waals surface area (Å²) in [6.07, 6.45) is 2.04. The topological polar surface area (TPSA) is 64.1 Å². The predicted octanol–water partition coefficient (Wildman–Crippen LogP) is 4.38. The van der Waals surface area contributed by atoms with E-state index in [4.69, 9.17) is 4.74 Å². The van der Waals surface area contributed by atoms with Crippen LogP contribution < -0.4 is 10.1 Å². The summed E-state index contributed by atoms with van der Waals surface area (Å²) in [4.78, 5) is 12.1. The number of anilines is 1. The number of nitrogens with zero attached hydrogens (tertiary/aromatic N) is 2. The van der Waals surface area contributed by atoms with E-state index in [0.29, 0.717) is 11.0 Å². The number of benzene rings is 1. The van der Waals surface area contributed by atoms with Crippen molar-refractivity contribution in [1.29, 1.82) is 0 Å². The van der Waals surface area contributed by atoms with Gasteiger partial charge in [-0.3, -0.25) is 10.1 Å². The maximum absolute atomic E-state index is 12.1. The molecule has 130 valence electrons. The summed E-state index contributed by atoms with van der Waals surface area (Å²) in [5, 5.41) is 12.5. The summed E-state index contributed by atoms with van der Waals surface area (Å²) >= 11 is 1.44. The molecule has 24 heavy (non-hydrogen) atoms. The molecule has 0 unspecified atom stereocenters. The van der Waals surface area contributed by atoms with Crippen LogP contribution in [0.4, 0.5) is 5.13 Å². The molecule has 0 fully saturated rings. The van der Waals surface area contributed by atoms with E-state index in [1.165, 1.54) is 11.3 Å². The molecule has 0 saturated heterocycles. The average molecular weight is 347 g/mol. The van der Waals surface area contributed by atoms with Gasteiger partial charge >= 0.3 is 0 Å². The Bertz CT molecular complexity index is 708. The van der Waals surface area contributed by atoms with Crippen molar-refractivity contribution < 1.29 is 9.53 Å². The zero-order valence-electron chi connectivity index (χ0n) is 15.0. The van der Waals surface area contributed by atoms with Crippen molar-refractivity contribution in [2.75, 3.05) is 11.9 Å². The van der Waals surface area contributed by atoms with Gasteiger partial charge in [0.05, 0.1) is 0 Å². The number of rotatable bonds is 7. The highest BCUT2D eigenvalue weighted by molar-refractivity contribution is 7.15. The Kier molecular flexibility index (Phi) is 6.31. The van der Waals surface area contributed by atoms with Crippen LogP contribution in [0, 0.1) is 20.8 Å². The Labute approximate surface area is 147 Å². The number of hydrogen-bond acceptors (Lipinski definition) is 5. The molecule has 1 aromatic carbocycles. The molecule has 2 aromatic rings. The third-order valence-electron chi connectivity index (χ3n) is 4.24. The van der Waals surface area contributed by atoms with Crippen LogP contribution in [0.3, 0.4) is 0 Å². The highest BCUT2D eigenvalue weighted by atomic mass is 32.1. The molecule has 1 heterocycles. The summed E-state index contributed by atoms with van der Waals surface area (Å²) in [6, 6.07) is 4.06. The average Bonchev–Trinajstić information content (AvgIpc) is 3.00. The molecule has 1 amide bonds. The van der Waals surface area contributed by atoms with E-state index in [1.807, 2.05) is 26.8 Å². The minimum Gasteiger partial charge on any atom is -0.483 e. The Morgan fingerprint density at radius 1 is 1.17 bits per heavy atom. The van der Waals surface area contributed by atoms with Gasteiger partial charge in [-0.05, 0) is 50.3 Å². The van der Waals surface area contributed by atoms with E-state index in [0.717, 1.165) is 40.3 Å².